The topological polar surface area (TPSA) is 73.6 Å². The summed E-state index contributed by atoms with van der Waals surface area (Å²) >= 11 is 3.48. The Morgan fingerprint density at radius 2 is 2.06 bits per heavy atom. The van der Waals surface area contributed by atoms with Gasteiger partial charge in [0.15, 0.2) is 0 Å². The summed E-state index contributed by atoms with van der Waals surface area (Å²) in [6, 6.07) is 12.0. The number of nitrogens with zero attached hydrogens (tertiary/aromatic N) is 2. The van der Waals surface area contributed by atoms with Crippen LogP contribution in [0.4, 0.5) is 4.39 Å². The third-order valence-electron chi connectivity index (χ3n) is 5.43. The number of ether oxygens (including phenoxy) is 2. The molecule has 1 saturated carbocycles. The second-order valence-corrected chi connectivity index (χ2v) is 8.34. The highest BCUT2D eigenvalue weighted by molar-refractivity contribution is 9.10. The molecule has 6 nitrogen and oxygen atoms in total. The first-order valence-corrected chi connectivity index (χ1v) is 10.8. The number of rotatable bonds is 9. The molecule has 0 aliphatic heterocycles. The largest absolute Gasteiger partial charge is 0.497 e. The Morgan fingerprint density at radius 3 is 2.75 bits per heavy atom. The Hall–Kier alpha value is -2.52. The van der Waals surface area contributed by atoms with Crippen LogP contribution in [0.1, 0.15) is 36.3 Å². The van der Waals surface area contributed by atoms with E-state index in [4.69, 9.17) is 9.47 Å². The molecule has 1 fully saturated rings. The minimum absolute atomic E-state index is 0. The molecule has 1 atom stereocenters. The van der Waals surface area contributed by atoms with Gasteiger partial charge in [-0.1, -0.05) is 12.1 Å². The molecule has 1 aliphatic rings. The lowest BCUT2D eigenvalue weighted by atomic mass is 9.91. The van der Waals surface area contributed by atoms with Crippen LogP contribution in [-0.4, -0.2) is 28.0 Å². The van der Waals surface area contributed by atoms with Crippen molar-refractivity contribution in [2.75, 3.05) is 7.11 Å². The van der Waals surface area contributed by atoms with Gasteiger partial charge in [-0.05, 0) is 70.4 Å². The summed E-state index contributed by atoms with van der Waals surface area (Å²) < 4.78 is 27.4. The molecule has 1 N–H and O–H groups in total. The minimum Gasteiger partial charge on any atom is -0.497 e. The summed E-state index contributed by atoms with van der Waals surface area (Å²) in [4.78, 5) is 11.3. The van der Waals surface area contributed by atoms with E-state index in [1.165, 1.54) is 17.9 Å². The van der Waals surface area contributed by atoms with E-state index in [9.17, 15) is 14.3 Å². The van der Waals surface area contributed by atoms with Crippen molar-refractivity contribution >= 4 is 35.4 Å². The zero-order chi connectivity index (χ0) is 22.0. The normalized spacial score (nSPS) is 13.8. The molecule has 0 radical (unpaired) electrons. The minimum atomic E-state index is -0.788. The fraction of sp³-hybridized carbons (Fsp3) is 0.304. The molecule has 0 saturated heterocycles. The Morgan fingerprint density at radius 1 is 1.28 bits per heavy atom. The highest BCUT2D eigenvalue weighted by Crippen LogP contribution is 2.45. The molecule has 9 heteroatoms. The molecule has 0 amide bonds. The van der Waals surface area contributed by atoms with E-state index in [-0.39, 0.29) is 38.1 Å². The van der Waals surface area contributed by atoms with Crippen LogP contribution in [0.3, 0.4) is 0 Å². The standard InChI is InChI=1S/C23H22BrFN2O4.H2S/c1-30-17-7-8-20(25)21(10-17)27-23(24)16(12-26-27)13-31-18-4-2-3-15(9-18)19(11-22(28)29)14-5-6-14;/h2-4,7-10,12,14,19H,5-6,11,13H2,1H3,(H,28,29);1H2/t19-;/m0./s1. The second kappa shape index (κ2) is 10.4. The number of benzene rings is 2. The molecule has 32 heavy (non-hydrogen) atoms. The van der Waals surface area contributed by atoms with Crippen LogP contribution in [0.2, 0.25) is 0 Å². The van der Waals surface area contributed by atoms with Gasteiger partial charge in [0.2, 0.25) is 0 Å². The second-order valence-electron chi connectivity index (χ2n) is 7.59. The van der Waals surface area contributed by atoms with Crippen molar-refractivity contribution < 1.29 is 23.8 Å². The van der Waals surface area contributed by atoms with E-state index in [0.29, 0.717) is 22.0 Å². The third-order valence-corrected chi connectivity index (χ3v) is 6.27. The number of halogens is 2. The lowest BCUT2D eigenvalue weighted by Crippen LogP contribution is -2.08. The van der Waals surface area contributed by atoms with Gasteiger partial charge in [-0.15, -0.1) is 0 Å². The zero-order valence-electron chi connectivity index (χ0n) is 17.4. The molecule has 1 aromatic heterocycles. The fourth-order valence-electron chi connectivity index (χ4n) is 3.65. The Bertz CT molecular complexity index is 1100. The summed E-state index contributed by atoms with van der Waals surface area (Å²) in [6.07, 6.45) is 3.87. The maximum atomic E-state index is 14.3. The van der Waals surface area contributed by atoms with Gasteiger partial charge in [-0.3, -0.25) is 4.79 Å². The lowest BCUT2D eigenvalue weighted by Gasteiger charge is -2.16. The van der Waals surface area contributed by atoms with Crippen molar-refractivity contribution in [3.63, 3.8) is 0 Å². The van der Waals surface area contributed by atoms with Gasteiger partial charge in [0.1, 0.15) is 34.2 Å². The van der Waals surface area contributed by atoms with Crippen LogP contribution >= 0.6 is 29.4 Å². The summed E-state index contributed by atoms with van der Waals surface area (Å²) in [5.74, 6) is 0.405. The highest BCUT2D eigenvalue weighted by Gasteiger charge is 2.33. The van der Waals surface area contributed by atoms with Crippen molar-refractivity contribution in [1.82, 2.24) is 9.78 Å². The van der Waals surface area contributed by atoms with Gasteiger partial charge in [0.25, 0.3) is 0 Å². The van der Waals surface area contributed by atoms with Crippen LogP contribution in [-0.2, 0) is 11.4 Å². The number of carboxylic acids is 1. The number of methoxy groups -OCH3 is 1. The quantitative estimate of drug-likeness (QED) is 0.404. The van der Waals surface area contributed by atoms with E-state index in [1.807, 2.05) is 24.3 Å². The first-order valence-electron chi connectivity index (χ1n) is 9.97. The number of hydrogen-bond donors (Lipinski definition) is 1. The van der Waals surface area contributed by atoms with Gasteiger partial charge < -0.3 is 14.6 Å². The summed E-state index contributed by atoms with van der Waals surface area (Å²) in [7, 11) is 1.52. The molecule has 2 aromatic carbocycles. The van der Waals surface area contributed by atoms with Crippen molar-refractivity contribution in [2.45, 2.75) is 31.8 Å². The molecule has 4 rings (SSSR count). The average molecular weight is 523 g/mol. The van der Waals surface area contributed by atoms with Crippen LogP contribution in [0, 0.1) is 11.7 Å². The Balaban J connectivity index is 0.00000289. The van der Waals surface area contributed by atoms with Gasteiger partial charge in [-0.2, -0.15) is 18.6 Å². The van der Waals surface area contributed by atoms with Gasteiger partial charge in [-0.25, -0.2) is 9.07 Å². The first-order chi connectivity index (χ1) is 15.0. The maximum Gasteiger partial charge on any atom is 0.303 e. The number of aliphatic carboxylic acids is 1. The zero-order valence-corrected chi connectivity index (χ0v) is 20.0. The van der Waals surface area contributed by atoms with Crippen LogP contribution in [0.15, 0.2) is 53.3 Å². The predicted molar refractivity (Wildman–Crippen MR) is 127 cm³/mol. The van der Waals surface area contributed by atoms with Gasteiger partial charge in [0, 0.05) is 11.6 Å². The molecule has 1 aliphatic carbocycles. The van der Waals surface area contributed by atoms with Crippen molar-refractivity contribution in [2.24, 2.45) is 5.92 Å². The van der Waals surface area contributed by atoms with Crippen molar-refractivity contribution in [3.8, 4) is 17.2 Å². The van der Waals surface area contributed by atoms with E-state index in [0.717, 1.165) is 24.0 Å². The Kier molecular flexibility index (Phi) is 7.84. The monoisotopic (exact) mass is 522 g/mol. The number of carboxylic acid groups (broad SMARTS) is 1. The number of carbonyl (C=O) groups is 1. The third kappa shape index (κ3) is 5.45. The van der Waals surface area contributed by atoms with Gasteiger partial charge >= 0.3 is 5.97 Å². The highest BCUT2D eigenvalue weighted by atomic mass is 79.9. The van der Waals surface area contributed by atoms with Crippen molar-refractivity contribution in [3.05, 3.63) is 70.2 Å². The van der Waals surface area contributed by atoms with E-state index < -0.39 is 11.8 Å². The first kappa shape index (κ1) is 24.1. The molecular formula is C23H24BrFN2O4S. The maximum absolute atomic E-state index is 14.3. The molecule has 170 valence electrons. The summed E-state index contributed by atoms with van der Waals surface area (Å²) in [5.41, 5.74) is 1.99. The SMILES string of the molecule is COc1ccc(F)c(-n2ncc(COc3cccc([C@@H](CC(=O)O)C4CC4)c3)c2Br)c1.S. The van der Waals surface area contributed by atoms with E-state index >= 15 is 0 Å². The molecule has 0 spiro atoms. The Labute approximate surface area is 200 Å². The average Bonchev–Trinajstić information content (AvgIpc) is 3.54. The fourth-order valence-corrected chi connectivity index (χ4v) is 4.15. The summed E-state index contributed by atoms with van der Waals surface area (Å²) in [6.45, 7) is 0.225. The molecule has 0 bridgehead atoms. The molecule has 3 aromatic rings. The summed E-state index contributed by atoms with van der Waals surface area (Å²) in [5, 5.41) is 13.5. The lowest BCUT2D eigenvalue weighted by molar-refractivity contribution is -0.137. The number of hydrogen-bond acceptors (Lipinski definition) is 4. The molecular weight excluding hydrogens is 499 g/mol. The van der Waals surface area contributed by atoms with Crippen LogP contribution in [0.25, 0.3) is 5.69 Å². The van der Waals surface area contributed by atoms with E-state index in [1.54, 1.807) is 18.3 Å². The number of aromatic nitrogens is 2. The van der Waals surface area contributed by atoms with Gasteiger partial charge in [0.05, 0.1) is 19.7 Å². The van der Waals surface area contributed by atoms with Crippen LogP contribution in [0.5, 0.6) is 11.5 Å². The molecule has 0 unspecified atom stereocenters. The molecule has 1 heterocycles. The van der Waals surface area contributed by atoms with Crippen molar-refractivity contribution in [1.29, 1.82) is 0 Å². The van der Waals surface area contributed by atoms with E-state index in [2.05, 4.69) is 21.0 Å². The van der Waals surface area contributed by atoms with Crippen LogP contribution < -0.4 is 9.47 Å². The smallest absolute Gasteiger partial charge is 0.303 e. The predicted octanol–water partition coefficient (Wildman–Crippen LogP) is 5.44.